The molecule has 3 N–H and O–H groups in total. The maximum Gasteiger partial charge on any atom is 0.294 e. The van der Waals surface area contributed by atoms with Crippen LogP contribution in [-0.4, -0.2) is 69.7 Å². The number of rotatable bonds is 17. The van der Waals surface area contributed by atoms with Crippen molar-refractivity contribution in [2.75, 3.05) is 20.2 Å². The third kappa shape index (κ3) is 11.1. The lowest BCUT2D eigenvalue weighted by atomic mass is 9.85. The highest BCUT2D eigenvalue weighted by molar-refractivity contribution is 5.75. The van der Waals surface area contributed by atoms with Gasteiger partial charge in [0.05, 0.1) is 24.9 Å². The Morgan fingerprint density at radius 1 is 1.17 bits per heavy atom. The predicted molar refractivity (Wildman–Crippen MR) is 136 cm³/mol. The largest absolute Gasteiger partial charge is 0.393 e. The third-order valence-electron chi connectivity index (χ3n) is 7.06. The van der Waals surface area contributed by atoms with Gasteiger partial charge in [0.25, 0.3) is 5.09 Å². The minimum absolute atomic E-state index is 0.00951. The van der Waals surface area contributed by atoms with Crippen molar-refractivity contribution in [2.24, 2.45) is 11.8 Å². The number of carbonyl (C=O) groups excluding carboxylic acids is 1. The van der Waals surface area contributed by atoms with E-state index in [0.29, 0.717) is 57.9 Å². The minimum atomic E-state index is -0.835. The lowest BCUT2D eigenvalue weighted by molar-refractivity contribution is -0.757. The Labute approximate surface area is 213 Å². The lowest BCUT2D eigenvalue weighted by Crippen LogP contribution is -2.28. The zero-order valence-electron chi connectivity index (χ0n) is 21.3. The van der Waals surface area contributed by atoms with E-state index in [1.54, 1.807) is 11.9 Å². The molecule has 0 saturated heterocycles. The Morgan fingerprint density at radius 3 is 2.61 bits per heavy atom. The summed E-state index contributed by atoms with van der Waals surface area (Å²) in [5.41, 5.74) is 1.20. The summed E-state index contributed by atoms with van der Waals surface area (Å²) in [6.45, 7) is 0.384. The molecule has 9 heteroatoms. The highest BCUT2D eigenvalue weighted by Gasteiger charge is 2.40. The van der Waals surface area contributed by atoms with Crippen LogP contribution in [0.3, 0.4) is 0 Å². The number of aryl methyl sites for hydroxylation is 1. The van der Waals surface area contributed by atoms with Gasteiger partial charge in [-0.1, -0.05) is 42.5 Å². The monoisotopic (exact) mass is 506 g/mol. The molecule has 9 nitrogen and oxygen atoms in total. The number of amides is 1. The second-order valence-corrected chi connectivity index (χ2v) is 9.78. The van der Waals surface area contributed by atoms with Crippen molar-refractivity contribution in [3.05, 3.63) is 58.2 Å². The Bertz CT molecular complexity index is 805. The van der Waals surface area contributed by atoms with Gasteiger partial charge in [0, 0.05) is 20.0 Å². The van der Waals surface area contributed by atoms with Gasteiger partial charge in [0.1, 0.15) is 0 Å². The molecule has 1 aromatic carbocycles. The molecule has 36 heavy (non-hydrogen) atoms. The molecule has 0 radical (unpaired) electrons. The first kappa shape index (κ1) is 29.7. The average molecular weight is 507 g/mol. The van der Waals surface area contributed by atoms with Crippen LogP contribution in [0.5, 0.6) is 0 Å². The molecule has 2 rings (SSSR count). The van der Waals surface area contributed by atoms with E-state index in [1.165, 1.54) is 5.56 Å². The molecular weight excluding hydrogens is 464 g/mol. The number of hydrogen-bond donors (Lipinski definition) is 3. The number of aliphatic hydroxyl groups excluding tert-OH is 3. The summed E-state index contributed by atoms with van der Waals surface area (Å²) in [6, 6.07) is 10.1. The maximum absolute atomic E-state index is 12.1. The number of carbonyl (C=O) groups is 1. The van der Waals surface area contributed by atoms with E-state index in [4.69, 9.17) is 0 Å². The lowest BCUT2D eigenvalue weighted by Gasteiger charge is -2.23. The van der Waals surface area contributed by atoms with Gasteiger partial charge < -0.3 is 25.1 Å². The number of unbranched alkanes of at least 4 members (excludes halogenated alkanes) is 1. The summed E-state index contributed by atoms with van der Waals surface area (Å²) >= 11 is 0. The van der Waals surface area contributed by atoms with Crippen molar-refractivity contribution >= 4 is 5.91 Å². The topological polar surface area (TPSA) is 133 Å². The van der Waals surface area contributed by atoms with Crippen LogP contribution >= 0.6 is 0 Å². The Balaban J connectivity index is 1.65. The SMILES string of the molecule is CN(CCCO[N+](=O)[O-])C(=O)CCCC=CC[C@@H]1[C@@H](CC[C@@H](O)CCc2ccccc2)[C@H](O)C[C@@H]1O. The molecule has 1 aliphatic rings. The summed E-state index contributed by atoms with van der Waals surface area (Å²) in [6.07, 6.45) is 8.55. The highest BCUT2D eigenvalue weighted by Crippen LogP contribution is 2.38. The molecule has 0 spiro atoms. The van der Waals surface area contributed by atoms with Crippen molar-refractivity contribution < 1.29 is 30.0 Å². The first-order chi connectivity index (χ1) is 17.3. The molecule has 0 heterocycles. The molecular formula is C27H42N2O7. The van der Waals surface area contributed by atoms with E-state index >= 15 is 0 Å². The average Bonchev–Trinajstić information content (AvgIpc) is 3.13. The van der Waals surface area contributed by atoms with E-state index in [2.05, 4.69) is 17.0 Å². The van der Waals surface area contributed by atoms with E-state index in [1.807, 2.05) is 30.4 Å². The first-order valence-corrected chi connectivity index (χ1v) is 13.0. The summed E-state index contributed by atoms with van der Waals surface area (Å²) in [7, 11) is 1.68. The zero-order chi connectivity index (χ0) is 26.3. The Hall–Kier alpha value is -2.49. The van der Waals surface area contributed by atoms with Gasteiger partial charge >= 0.3 is 0 Å². The minimum Gasteiger partial charge on any atom is -0.393 e. The Morgan fingerprint density at radius 2 is 1.89 bits per heavy atom. The molecule has 1 amide bonds. The quantitative estimate of drug-likeness (QED) is 0.128. The number of allylic oxidation sites excluding steroid dienone is 2. The molecule has 0 aliphatic heterocycles. The number of benzene rings is 1. The summed E-state index contributed by atoms with van der Waals surface area (Å²) in [5.74, 6) is -0.0815. The van der Waals surface area contributed by atoms with Gasteiger partial charge in [-0.15, -0.1) is 10.1 Å². The fraction of sp³-hybridized carbons (Fsp3) is 0.667. The molecule has 1 fully saturated rings. The molecule has 0 aromatic heterocycles. The van der Waals surface area contributed by atoms with Gasteiger partial charge in [0.2, 0.25) is 5.91 Å². The second-order valence-electron chi connectivity index (χ2n) is 9.78. The van der Waals surface area contributed by atoms with Crippen LogP contribution in [-0.2, 0) is 16.1 Å². The second kappa shape index (κ2) is 16.3. The normalized spacial score (nSPS) is 22.6. The Kier molecular flexibility index (Phi) is 13.5. The zero-order valence-corrected chi connectivity index (χ0v) is 21.3. The number of nitrogens with zero attached hydrogens (tertiary/aromatic N) is 2. The number of aliphatic hydroxyl groups is 3. The van der Waals surface area contributed by atoms with E-state index in [9.17, 15) is 30.2 Å². The first-order valence-electron chi connectivity index (χ1n) is 13.0. The van der Waals surface area contributed by atoms with Crippen LogP contribution in [0.15, 0.2) is 42.5 Å². The molecule has 0 bridgehead atoms. The van der Waals surface area contributed by atoms with Crippen LogP contribution in [0.4, 0.5) is 0 Å². The molecule has 1 aromatic rings. The van der Waals surface area contributed by atoms with Crippen LogP contribution in [0.2, 0.25) is 0 Å². The van der Waals surface area contributed by atoms with Crippen molar-refractivity contribution in [3.8, 4) is 0 Å². The molecule has 1 saturated carbocycles. The molecule has 5 atom stereocenters. The maximum atomic E-state index is 12.1. The summed E-state index contributed by atoms with van der Waals surface area (Å²) < 4.78 is 0. The van der Waals surface area contributed by atoms with Gasteiger partial charge in [-0.25, -0.2) is 0 Å². The highest BCUT2D eigenvalue weighted by atomic mass is 16.9. The van der Waals surface area contributed by atoms with E-state index in [-0.39, 0.29) is 24.3 Å². The fourth-order valence-electron chi connectivity index (χ4n) is 4.91. The van der Waals surface area contributed by atoms with Crippen LogP contribution in [0.1, 0.15) is 63.4 Å². The van der Waals surface area contributed by atoms with Crippen molar-refractivity contribution in [1.82, 2.24) is 4.90 Å². The van der Waals surface area contributed by atoms with Crippen LogP contribution in [0.25, 0.3) is 0 Å². The van der Waals surface area contributed by atoms with Crippen molar-refractivity contribution in [1.29, 1.82) is 0 Å². The molecule has 202 valence electrons. The van der Waals surface area contributed by atoms with Crippen molar-refractivity contribution in [2.45, 2.75) is 82.5 Å². The third-order valence-corrected chi connectivity index (χ3v) is 7.06. The molecule has 1 aliphatic carbocycles. The van der Waals surface area contributed by atoms with Crippen LogP contribution < -0.4 is 0 Å². The smallest absolute Gasteiger partial charge is 0.294 e. The van der Waals surface area contributed by atoms with Gasteiger partial charge in [-0.05, 0) is 75.2 Å². The van der Waals surface area contributed by atoms with Crippen LogP contribution in [0, 0.1) is 22.0 Å². The van der Waals surface area contributed by atoms with Crippen molar-refractivity contribution in [3.63, 3.8) is 0 Å². The summed E-state index contributed by atoms with van der Waals surface area (Å²) in [4.78, 5) is 28.1. The standard InChI is InChI=1S/C27H42N2O7/c1-28(18-9-19-36-29(34)35)27(33)13-8-3-2-7-12-23-24(26(32)20-25(23)31)17-16-22(30)15-14-21-10-5-4-6-11-21/h2,4-7,10-11,22-26,30-32H,3,8-9,12-20H2,1H3/t22-,23+,24+,25-,26+/m0/s1. The van der Waals surface area contributed by atoms with Gasteiger partial charge in [-0.3, -0.25) is 4.79 Å². The van der Waals surface area contributed by atoms with E-state index in [0.717, 1.165) is 12.8 Å². The van der Waals surface area contributed by atoms with Gasteiger partial charge in [0.15, 0.2) is 0 Å². The number of hydrogen-bond acceptors (Lipinski definition) is 7. The van der Waals surface area contributed by atoms with Gasteiger partial charge in [-0.2, -0.15) is 0 Å². The predicted octanol–water partition coefficient (Wildman–Crippen LogP) is 3.29. The molecule has 0 unspecified atom stereocenters. The van der Waals surface area contributed by atoms with E-state index < -0.39 is 23.4 Å². The fourth-order valence-corrected chi connectivity index (χ4v) is 4.91. The summed E-state index contributed by atoms with van der Waals surface area (Å²) in [5, 5.41) is 40.6.